The Morgan fingerprint density at radius 2 is 2.10 bits per heavy atom. The number of aryl methyl sites for hydroxylation is 1. The summed E-state index contributed by atoms with van der Waals surface area (Å²) in [5, 5.41) is 4.13. The monoisotopic (exact) mass is 266 g/mol. The molecule has 0 aromatic carbocycles. The fourth-order valence-corrected chi connectivity index (χ4v) is 2.92. The molecule has 0 saturated carbocycles. The van der Waals surface area contributed by atoms with E-state index in [-0.39, 0.29) is 5.31 Å². The Morgan fingerprint density at radius 3 is 2.70 bits per heavy atom. The van der Waals surface area contributed by atoms with Crippen molar-refractivity contribution in [3.63, 3.8) is 0 Å². The van der Waals surface area contributed by atoms with Crippen LogP contribution >= 0.6 is 0 Å². The molecule has 20 heavy (non-hydrogen) atoms. The number of aromatic nitrogens is 3. The molecular formula is C15H19BN4. The number of hydrogen-bond donors (Lipinski definition) is 0. The second-order valence-corrected chi connectivity index (χ2v) is 5.97. The highest BCUT2D eigenvalue weighted by Gasteiger charge is 2.30. The van der Waals surface area contributed by atoms with Crippen LogP contribution in [0.5, 0.6) is 0 Å². The molecule has 1 aliphatic heterocycles. The lowest BCUT2D eigenvalue weighted by Gasteiger charge is -2.23. The Hall–Kier alpha value is -1.78. The summed E-state index contributed by atoms with van der Waals surface area (Å²) in [5.41, 5.74) is 3.48. The van der Waals surface area contributed by atoms with Crippen molar-refractivity contribution in [1.82, 2.24) is 14.8 Å². The van der Waals surface area contributed by atoms with Crippen molar-refractivity contribution in [3.8, 4) is 11.3 Å². The normalized spacial score (nSPS) is 22.4. The average molecular weight is 266 g/mol. The van der Waals surface area contributed by atoms with Gasteiger partial charge in [-0.2, -0.15) is 5.10 Å². The standard InChI is InChI=1S/C15H19BN4/c1-11-12(13-5-8-18-19(13)3)4-7-17-14(11)20-9-6-15(2,16)10-20/h4-5,7-8H,6,9-10H2,1-3H3. The van der Waals surface area contributed by atoms with E-state index >= 15 is 0 Å². The molecule has 0 aliphatic carbocycles. The number of hydrogen-bond acceptors (Lipinski definition) is 3. The summed E-state index contributed by atoms with van der Waals surface area (Å²) in [6, 6.07) is 4.08. The number of anilines is 1. The summed E-state index contributed by atoms with van der Waals surface area (Å²) in [6.07, 6.45) is 4.70. The van der Waals surface area contributed by atoms with E-state index in [0.717, 1.165) is 31.0 Å². The van der Waals surface area contributed by atoms with E-state index in [1.807, 2.05) is 36.3 Å². The largest absolute Gasteiger partial charge is 0.357 e. The Balaban J connectivity index is 2.01. The van der Waals surface area contributed by atoms with Crippen molar-refractivity contribution in [2.45, 2.75) is 25.6 Å². The van der Waals surface area contributed by atoms with Gasteiger partial charge in [-0.15, -0.1) is 0 Å². The molecule has 1 atom stereocenters. The predicted octanol–water partition coefficient (Wildman–Crippen LogP) is 2.35. The van der Waals surface area contributed by atoms with Gasteiger partial charge in [0.05, 0.1) is 13.5 Å². The third-order valence-electron chi connectivity index (χ3n) is 4.08. The van der Waals surface area contributed by atoms with Crippen LogP contribution in [-0.2, 0) is 7.05 Å². The SMILES string of the molecule is [B]C1(C)CCN(c2nccc(-c3ccnn3C)c2C)C1. The zero-order chi connectivity index (χ0) is 14.3. The van der Waals surface area contributed by atoms with E-state index in [4.69, 9.17) is 7.85 Å². The molecule has 0 amide bonds. The zero-order valence-corrected chi connectivity index (χ0v) is 12.3. The third-order valence-corrected chi connectivity index (χ3v) is 4.08. The van der Waals surface area contributed by atoms with Crippen LogP contribution in [0.25, 0.3) is 11.3 Å². The molecule has 1 fully saturated rings. The fraction of sp³-hybridized carbons (Fsp3) is 0.467. The van der Waals surface area contributed by atoms with Crippen LogP contribution < -0.4 is 4.90 Å². The minimum absolute atomic E-state index is 0.114. The molecule has 3 rings (SSSR count). The maximum absolute atomic E-state index is 6.23. The number of pyridine rings is 1. The number of nitrogens with zero attached hydrogens (tertiary/aromatic N) is 4. The summed E-state index contributed by atoms with van der Waals surface area (Å²) >= 11 is 0. The van der Waals surface area contributed by atoms with Crippen molar-refractivity contribution >= 4 is 13.7 Å². The van der Waals surface area contributed by atoms with Gasteiger partial charge in [-0.3, -0.25) is 4.68 Å². The van der Waals surface area contributed by atoms with Crippen molar-refractivity contribution in [3.05, 3.63) is 30.1 Å². The maximum Gasteiger partial charge on any atom is 0.132 e. The first-order valence-electron chi connectivity index (χ1n) is 6.96. The van der Waals surface area contributed by atoms with Crippen LogP contribution in [-0.4, -0.2) is 35.7 Å². The Morgan fingerprint density at radius 1 is 1.30 bits per heavy atom. The van der Waals surface area contributed by atoms with Gasteiger partial charge < -0.3 is 4.90 Å². The lowest BCUT2D eigenvalue weighted by Crippen LogP contribution is -2.23. The first kappa shape index (κ1) is 13.2. The smallest absolute Gasteiger partial charge is 0.132 e. The van der Waals surface area contributed by atoms with Crippen molar-refractivity contribution in [2.75, 3.05) is 18.0 Å². The molecule has 102 valence electrons. The minimum atomic E-state index is -0.114. The highest BCUT2D eigenvalue weighted by atomic mass is 15.3. The van der Waals surface area contributed by atoms with Crippen molar-refractivity contribution < 1.29 is 0 Å². The Bertz CT molecular complexity index is 633. The zero-order valence-electron chi connectivity index (χ0n) is 12.3. The van der Waals surface area contributed by atoms with E-state index < -0.39 is 0 Å². The Kier molecular flexibility index (Phi) is 3.07. The average Bonchev–Trinajstić information content (AvgIpc) is 2.96. The van der Waals surface area contributed by atoms with Gasteiger partial charge in [-0.25, -0.2) is 4.98 Å². The highest BCUT2D eigenvalue weighted by Crippen LogP contribution is 2.37. The molecule has 2 aromatic rings. The van der Waals surface area contributed by atoms with E-state index in [0.29, 0.717) is 0 Å². The van der Waals surface area contributed by atoms with Gasteiger partial charge in [-0.05, 0) is 30.8 Å². The Labute approximate surface area is 121 Å². The van der Waals surface area contributed by atoms with E-state index in [9.17, 15) is 0 Å². The van der Waals surface area contributed by atoms with Gasteiger partial charge in [0.1, 0.15) is 5.82 Å². The van der Waals surface area contributed by atoms with Crippen molar-refractivity contribution in [1.29, 1.82) is 0 Å². The molecule has 2 aromatic heterocycles. The van der Waals surface area contributed by atoms with Gasteiger partial charge >= 0.3 is 0 Å². The van der Waals surface area contributed by atoms with Crippen LogP contribution in [0.1, 0.15) is 18.9 Å². The second kappa shape index (κ2) is 4.65. The molecule has 3 heterocycles. The van der Waals surface area contributed by atoms with Crippen LogP contribution in [0.15, 0.2) is 24.5 Å². The van der Waals surface area contributed by atoms with Crippen LogP contribution in [0.2, 0.25) is 5.31 Å². The van der Waals surface area contributed by atoms with Gasteiger partial charge in [0.15, 0.2) is 0 Å². The lowest BCUT2D eigenvalue weighted by atomic mass is 9.70. The molecule has 1 aliphatic rings. The fourth-order valence-electron chi connectivity index (χ4n) is 2.92. The van der Waals surface area contributed by atoms with Gasteiger partial charge in [0.25, 0.3) is 0 Å². The molecule has 1 unspecified atom stereocenters. The summed E-state index contributed by atoms with van der Waals surface area (Å²) in [5.74, 6) is 1.04. The molecule has 2 radical (unpaired) electrons. The predicted molar refractivity (Wildman–Crippen MR) is 82.1 cm³/mol. The van der Waals surface area contributed by atoms with Crippen molar-refractivity contribution in [2.24, 2.45) is 7.05 Å². The molecular weight excluding hydrogens is 247 g/mol. The van der Waals surface area contributed by atoms with Gasteiger partial charge in [0.2, 0.25) is 0 Å². The topological polar surface area (TPSA) is 34.0 Å². The van der Waals surface area contributed by atoms with Crippen LogP contribution in [0.4, 0.5) is 5.82 Å². The van der Waals surface area contributed by atoms with E-state index in [1.54, 1.807) is 0 Å². The van der Waals surface area contributed by atoms with Crippen LogP contribution in [0.3, 0.4) is 0 Å². The molecule has 1 saturated heterocycles. The summed E-state index contributed by atoms with van der Waals surface area (Å²) in [4.78, 5) is 6.85. The second-order valence-electron chi connectivity index (χ2n) is 5.97. The van der Waals surface area contributed by atoms with E-state index in [1.165, 1.54) is 11.1 Å². The summed E-state index contributed by atoms with van der Waals surface area (Å²) in [7, 11) is 8.19. The summed E-state index contributed by atoms with van der Waals surface area (Å²) < 4.78 is 1.89. The minimum Gasteiger partial charge on any atom is -0.357 e. The van der Waals surface area contributed by atoms with Gasteiger partial charge in [0, 0.05) is 43.7 Å². The molecule has 0 bridgehead atoms. The first-order valence-corrected chi connectivity index (χ1v) is 6.96. The third kappa shape index (κ3) is 2.21. The molecule has 5 heteroatoms. The first-order chi connectivity index (χ1) is 9.48. The van der Waals surface area contributed by atoms with Crippen LogP contribution in [0, 0.1) is 6.92 Å². The molecule has 0 N–H and O–H groups in total. The van der Waals surface area contributed by atoms with Gasteiger partial charge in [-0.1, -0.05) is 6.92 Å². The highest BCUT2D eigenvalue weighted by molar-refractivity contribution is 6.15. The molecule has 0 spiro atoms. The quantitative estimate of drug-likeness (QED) is 0.782. The lowest BCUT2D eigenvalue weighted by molar-refractivity contribution is 0.687. The van der Waals surface area contributed by atoms with E-state index in [2.05, 4.69) is 28.8 Å². The molecule has 4 nitrogen and oxygen atoms in total. The summed E-state index contributed by atoms with van der Waals surface area (Å²) in [6.45, 7) is 6.05. The maximum atomic E-state index is 6.23. The number of rotatable bonds is 2.